The zero-order valence-electron chi connectivity index (χ0n) is 15.6. The average molecular weight is 365 g/mol. The van der Waals surface area contributed by atoms with Crippen molar-refractivity contribution in [2.45, 2.75) is 25.7 Å². The molecule has 27 heavy (non-hydrogen) atoms. The van der Waals surface area contributed by atoms with Crippen LogP contribution in [0, 0.1) is 0 Å². The number of benzene rings is 2. The number of carbonyl (C=O) groups excluding carboxylic acids is 2. The highest BCUT2D eigenvalue weighted by atomic mass is 16.2. The van der Waals surface area contributed by atoms with E-state index >= 15 is 0 Å². The highest BCUT2D eigenvalue weighted by molar-refractivity contribution is 5.96. The van der Waals surface area contributed by atoms with Gasteiger partial charge in [0.15, 0.2) is 0 Å². The lowest BCUT2D eigenvalue weighted by molar-refractivity contribution is -0.115. The average Bonchev–Trinajstić information content (AvgIpc) is 2.73. The Morgan fingerprint density at radius 2 is 1.59 bits per heavy atom. The summed E-state index contributed by atoms with van der Waals surface area (Å²) < 4.78 is 0. The van der Waals surface area contributed by atoms with Crippen molar-refractivity contribution in [3.63, 3.8) is 0 Å². The van der Waals surface area contributed by atoms with Gasteiger partial charge in [0.05, 0.1) is 6.54 Å². The van der Waals surface area contributed by atoms with Gasteiger partial charge in [0.1, 0.15) is 0 Å². The molecule has 2 aromatic rings. The molecule has 1 aliphatic heterocycles. The molecular formula is C22H27N3O2. The Labute approximate surface area is 160 Å². The van der Waals surface area contributed by atoms with Crippen LogP contribution in [-0.2, 0) is 11.2 Å². The summed E-state index contributed by atoms with van der Waals surface area (Å²) in [5, 5.41) is 6.01. The summed E-state index contributed by atoms with van der Waals surface area (Å²) in [6, 6.07) is 17.3. The maximum Gasteiger partial charge on any atom is 0.253 e. The SMILES string of the molecule is O=C(CNCCc1ccccc1)Nc1ccc(C(=O)N2CCCCC2)cc1. The Kier molecular flexibility index (Phi) is 6.99. The van der Waals surface area contributed by atoms with Crippen molar-refractivity contribution < 1.29 is 9.59 Å². The zero-order valence-corrected chi connectivity index (χ0v) is 15.6. The van der Waals surface area contributed by atoms with Crippen molar-refractivity contribution in [3.8, 4) is 0 Å². The van der Waals surface area contributed by atoms with Crippen LogP contribution in [0.5, 0.6) is 0 Å². The molecule has 1 fully saturated rings. The van der Waals surface area contributed by atoms with Crippen molar-refractivity contribution >= 4 is 17.5 Å². The first-order valence-corrected chi connectivity index (χ1v) is 9.66. The third-order valence-electron chi connectivity index (χ3n) is 4.78. The Balaban J connectivity index is 1.41. The molecule has 0 aromatic heterocycles. The quantitative estimate of drug-likeness (QED) is 0.741. The van der Waals surface area contributed by atoms with Gasteiger partial charge >= 0.3 is 0 Å². The number of nitrogens with one attached hydrogen (secondary N) is 2. The number of anilines is 1. The van der Waals surface area contributed by atoms with Crippen LogP contribution in [0.15, 0.2) is 54.6 Å². The Morgan fingerprint density at radius 1 is 0.889 bits per heavy atom. The third-order valence-corrected chi connectivity index (χ3v) is 4.78. The fourth-order valence-electron chi connectivity index (χ4n) is 3.26. The van der Waals surface area contributed by atoms with Crippen LogP contribution < -0.4 is 10.6 Å². The van der Waals surface area contributed by atoms with Gasteiger partial charge in [0.2, 0.25) is 5.91 Å². The van der Waals surface area contributed by atoms with E-state index in [1.807, 2.05) is 23.1 Å². The molecule has 0 saturated carbocycles. The zero-order chi connectivity index (χ0) is 18.9. The van der Waals surface area contributed by atoms with E-state index in [-0.39, 0.29) is 18.4 Å². The van der Waals surface area contributed by atoms with Crippen molar-refractivity contribution in [1.82, 2.24) is 10.2 Å². The molecule has 0 aliphatic carbocycles. The van der Waals surface area contributed by atoms with Crippen LogP contribution in [0.2, 0.25) is 0 Å². The first kappa shape index (κ1) is 19.1. The van der Waals surface area contributed by atoms with Crippen molar-refractivity contribution in [2.75, 3.05) is 31.5 Å². The maximum absolute atomic E-state index is 12.5. The smallest absolute Gasteiger partial charge is 0.253 e. The highest BCUT2D eigenvalue weighted by Crippen LogP contribution is 2.15. The van der Waals surface area contributed by atoms with Gasteiger partial charge in [-0.3, -0.25) is 9.59 Å². The number of piperidine rings is 1. The lowest BCUT2D eigenvalue weighted by atomic mass is 10.1. The number of hydrogen-bond acceptors (Lipinski definition) is 3. The van der Waals surface area contributed by atoms with Gasteiger partial charge < -0.3 is 15.5 Å². The molecule has 0 spiro atoms. The second-order valence-electron chi connectivity index (χ2n) is 6.89. The largest absolute Gasteiger partial charge is 0.339 e. The number of nitrogens with zero attached hydrogens (tertiary/aromatic N) is 1. The molecule has 0 radical (unpaired) electrons. The van der Waals surface area contributed by atoms with E-state index in [0.717, 1.165) is 38.9 Å². The summed E-state index contributed by atoms with van der Waals surface area (Å²) in [5.74, 6) is -0.00618. The molecule has 0 bridgehead atoms. The first-order chi connectivity index (χ1) is 13.2. The highest BCUT2D eigenvalue weighted by Gasteiger charge is 2.17. The number of likely N-dealkylation sites (tertiary alicyclic amines) is 1. The predicted octanol–water partition coefficient (Wildman–Crippen LogP) is 3.08. The van der Waals surface area contributed by atoms with Gasteiger partial charge in [0.25, 0.3) is 5.91 Å². The lowest BCUT2D eigenvalue weighted by Crippen LogP contribution is -2.35. The molecule has 2 amide bonds. The van der Waals surface area contributed by atoms with Crippen LogP contribution in [-0.4, -0.2) is 42.9 Å². The van der Waals surface area contributed by atoms with Crippen molar-refractivity contribution in [3.05, 3.63) is 65.7 Å². The van der Waals surface area contributed by atoms with Gasteiger partial charge in [-0.1, -0.05) is 30.3 Å². The van der Waals surface area contributed by atoms with Gasteiger partial charge in [0, 0.05) is 24.3 Å². The van der Waals surface area contributed by atoms with E-state index in [1.165, 1.54) is 12.0 Å². The maximum atomic E-state index is 12.5. The van der Waals surface area contributed by atoms with E-state index in [9.17, 15) is 9.59 Å². The Bertz CT molecular complexity index is 738. The van der Waals surface area contributed by atoms with E-state index in [2.05, 4.69) is 22.8 Å². The molecule has 0 atom stereocenters. The molecule has 1 aliphatic rings. The summed E-state index contributed by atoms with van der Waals surface area (Å²) in [7, 11) is 0. The van der Waals surface area contributed by atoms with Gasteiger partial charge in [-0.05, 0) is 62.1 Å². The van der Waals surface area contributed by atoms with E-state index < -0.39 is 0 Å². The van der Waals surface area contributed by atoms with Crippen molar-refractivity contribution in [2.24, 2.45) is 0 Å². The van der Waals surface area contributed by atoms with Gasteiger partial charge in [-0.25, -0.2) is 0 Å². The number of amides is 2. The molecule has 142 valence electrons. The summed E-state index contributed by atoms with van der Waals surface area (Å²) >= 11 is 0. The summed E-state index contributed by atoms with van der Waals surface area (Å²) in [4.78, 5) is 26.4. The normalized spacial score (nSPS) is 14.0. The Hall–Kier alpha value is -2.66. The van der Waals surface area contributed by atoms with Gasteiger partial charge in [-0.15, -0.1) is 0 Å². The predicted molar refractivity (Wildman–Crippen MR) is 108 cm³/mol. The standard InChI is InChI=1S/C22H27N3O2/c26-21(17-23-14-13-18-7-3-1-4-8-18)24-20-11-9-19(10-12-20)22(27)25-15-5-2-6-16-25/h1,3-4,7-12,23H,2,5-6,13-17H2,(H,24,26). The molecule has 5 nitrogen and oxygen atoms in total. The van der Waals surface area contributed by atoms with Gasteiger partial charge in [-0.2, -0.15) is 0 Å². The van der Waals surface area contributed by atoms with Crippen LogP contribution in [0.4, 0.5) is 5.69 Å². The fraction of sp³-hybridized carbons (Fsp3) is 0.364. The molecule has 1 heterocycles. The summed E-state index contributed by atoms with van der Waals surface area (Å²) in [6.07, 6.45) is 4.25. The molecule has 1 saturated heterocycles. The third kappa shape index (κ3) is 5.93. The fourth-order valence-corrected chi connectivity index (χ4v) is 3.26. The van der Waals surface area contributed by atoms with Crippen LogP contribution in [0.1, 0.15) is 35.2 Å². The minimum absolute atomic E-state index is 0.0788. The monoisotopic (exact) mass is 365 g/mol. The number of carbonyl (C=O) groups is 2. The number of hydrogen-bond donors (Lipinski definition) is 2. The van der Waals surface area contributed by atoms with E-state index in [4.69, 9.17) is 0 Å². The lowest BCUT2D eigenvalue weighted by Gasteiger charge is -2.26. The Morgan fingerprint density at radius 3 is 2.30 bits per heavy atom. The van der Waals surface area contributed by atoms with Crippen LogP contribution in [0.3, 0.4) is 0 Å². The topological polar surface area (TPSA) is 61.4 Å². The van der Waals surface area contributed by atoms with E-state index in [0.29, 0.717) is 11.3 Å². The van der Waals surface area contributed by atoms with Crippen molar-refractivity contribution in [1.29, 1.82) is 0 Å². The molecular weight excluding hydrogens is 338 g/mol. The first-order valence-electron chi connectivity index (χ1n) is 9.66. The summed E-state index contributed by atoms with van der Waals surface area (Å²) in [5.41, 5.74) is 2.63. The van der Waals surface area contributed by atoms with Crippen LogP contribution >= 0.6 is 0 Å². The molecule has 2 aromatic carbocycles. The second-order valence-corrected chi connectivity index (χ2v) is 6.89. The molecule has 5 heteroatoms. The molecule has 2 N–H and O–H groups in total. The number of rotatable bonds is 7. The molecule has 3 rings (SSSR count). The minimum atomic E-state index is -0.0850. The summed E-state index contributed by atoms with van der Waals surface area (Å²) in [6.45, 7) is 2.69. The van der Waals surface area contributed by atoms with E-state index in [1.54, 1.807) is 24.3 Å². The van der Waals surface area contributed by atoms with Crippen LogP contribution in [0.25, 0.3) is 0 Å². The molecule has 0 unspecified atom stereocenters. The second kappa shape index (κ2) is 9.88. The minimum Gasteiger partial charge on any atom is -0.339 e.